The van der Waals surface area contributed by atoms with Crippen molar-refractivity contribution < 1.29 is 14.3 Å². The number of aromatic nitrogens is 1. The smallest absolute Gasteiger partial charge is 0.266 e. The Labute approximate surface area is 127 Å². The van der Waals surface area contributed by atoms with Crippen molar-refractivity contribution in [3.05, 3.63) is 48.2 Å². The molecule has 3 rings (SSSR count). The number of anilines is 2. The van der Waals surface area contributed by atoms with Gasteiger partial charge in [-0.15, -0.1) is 0 Å². The standard InChI is InChI=1S/C16H15N3O3/c1-11-4-2-5-12(8-11)18-14(20)9-19-15(21)10-22-13-6-3-7-17-16(13)19/h2-8H,9-10H2,1H3,(H,18,20). The number of hydrogen-bond donors (Lipinski definition) is 1. The Bertz CT molecular complexity index is 730. The molecule has 2 heterocycles. The van der Waals surface area contributed by atoms with Crippen LogP contribution in [-0.4, -0.2) is 29.9 Å². The molecule has 22 heavy (non-hydrogen) atoms. The van der Waals surface area contributed by atoms with Crippen LogP contribution in [0.25, 0.3) is 0 Å². The molecule has 6 nitrogen and oxygen atoms in total. The van der Waals surface area contributed by atoms with Crippen molar-refractivity contribution in [1.29, 1.82) is 0 Å². The Morgan fingerprint density at radius 3 is 3.05 bits per heavy atom. The van der Waals surface area contributed by atoms with Gasteiger partial charge in [0.1, 0.15) is 6.54 Å². The van der Waals surface area contributed by atoms with Crippen LogP contribution in [0, 0.1) is 6.92 Å². The molecule has 0 spiro atoms. The molecule has 6 heteroatoms. The van der Waals surface area contributed by atoms with Gasteiger partial charge in [-0.2, -0.15) is 0 Å². The van der Waals surface area contributed by atoms with Crippen molar-refractivity contribution in [2.24, 2.45) is 0 Å². The fourth-order valence-corrected chi connectivity index (χ4v) is 2.26. The fraction of sp³-hybridized carbons (Fsp3) is 0.188. The molecule has 1 aromatic carbocycles. The van der Waals surface area contributed by atoms with Gasteiger partial charge in [0, 0.05) is 11.9 Å². The molecule has 0 fully saturated rings. The SMILES string of the molecule is Cc1cccc(NC(=O)CN2C(=O)COc3cccnc32)c1. The number of fused-ring (bicyclic) bond motifs is 1. The predicted molar refractivity (Wildman–Crippen MR) is 81.9 cm³/mol. The Balaban J connectivity index is 1.75. The predicted octanol–water partition coefficient (Wildman–Crippen LogP) is 1.75. The summed E-state index contributed by atoms with van der Waals surface area (Å²) in [7, 11) is 0. The highest BCUT2D eigenvalue weighted by molar-refractivity contribution is 6.04. The lowest BCUT2D eigenvalue weighted by Gasteiger charge is -2.27. The van der Waals surface area contributed by atoms with E-state index in [9.17, 15) is 9.59 Å². The number of nitrogens with one attached hydrogen (secondary N) is 1. The number of hydrogen-bond acceptors (Lipinski definition) is 4. The summed E-state index contributed by atoms with van der Waals surface area (Å²) in [4.78, 5) is 29.6. The Kier molecular flexibility index (Phi) is 3.74. The molecule has 0 unspecified atom stereocenters. The molecule has 2 aromatic rings. The fourth-order valence-electron chi connectivity index (χ4n) is 2.26. The van der Waals surface area contributed by atoms with Gasteiger partial charge in [-0.05, 0) is 36.8 Å². The molecule has 0 radical (unpaired) electrons. The second-order valence-electron chi connectivity index (χ2n) is 5.01. The van der Waals surface area contributed by atoms with Crippen molar-refractivity contribution in [3.63, 3.8) is 0 Å². The maximum absolute atomic E-state index is 12.2. The summed E-state index contributed by atoms with van der Waals surface area (Å²) in [5.41, 5.74) is 1.75. The van der Waals surface area contributed by atoms with Gasteiger partial charge in [0.2, 0.25) is 5.91 Å². The summed E-state index contributed by atoms with van der Waals surface area (Å²) >= 11 is 0. The van der Waals surface area contributed by atoms with Crippen LogP contribution in [-0.2, 0) is 9.59 Å². The van der Waals surface area contributed by atoms with E-state index in [0.29, 0.717) is 17.3 Å². The van der Waals surface area contributed by atoms with Gasteiger partial charge in [-0.25, -0.2) is 4.98 Å². The van der Waals surface area contributed by atoms with Gasteiger partial charge in [-0.3, -0.25) is 14.5 Å². The lowest BCUT2D eigenvalue weighted by atomic mass is 10.2. The van der Waals surface area contributed by atoms with Crippen LogP contribution in [0.15, 0.2) is 42.6 Å². The average Bonchev–Trinajstić information content (AvgIpc) is 2.50. The number of pyridine rings is 1. The van der Waals surface area contributed by atoms with E-state index < -0.39 is 0 Å². The molecule has 0 atom stereocenters. The Hall–Kier alpha value is -2.89. The number of aryl methyl sites for hydroxylation is 1. The highest BCUT2D eigenvalue weighted by Crippen LogP contribution is 2.28. The largest absolute Gasteiger partial charge is 0.480 e. The van der Waals surface area contributed by atoms with E-state index in [2.05, 4.69) is 10.3 Å². The van der Waals surface area contributed by atoms with Crippen LogP contribution < -0.4 is 15.0 Å². The van der Waals surface area contributed by atoms with Crippen LogP contribution in [0.3, 0.4) is 0 Å². The zero-order chi connectivity index (χ0) is 15.5. The third-order valence-electron chi connectivity index (χ3n) is 3.26. The van der Waals surface area contributed by atoms with E-state index >= 15 is 0 Å². The first-order valence-electron chi connectivity index (χ1n) is 6.88. The molecular formula is C16H15N3O3. The highest BCUT2D eigenvalue weighted by atomic mass is 16.5. The van der Waals surface area contributed by atoms with Crippen molar-refractivity contribution in [1.82, 2.24) is 4.98 Å². The van der Waals surface area contributed by atoms with E-state index in [1.807, 2.05) is 25.1 Å². The minimum absolute atomic E-state index is 0.0869. The third kappa shape index (κ3) is 2.90. The van der Waals surface area contributed by atoms with Crippen molar-refractivity contribution in [2.45, 2.75) is 6.92 Å². The summed E-state index contributed by atoms with van der Waals surface area (Å²) in [5, 5.41) is 2.78. The first-order chi connectivity index (χ1) is 10.6. The maximum atomic E-state index is 12.2. The molecule has 0 saturated carbocycles. The van der Waals surface area contributed by atoms with E-state index in [1.165, 1.54) is 4.90 Å². The second-order valence-corrected chi connectivity index (χ2v) is 5.01. The molecule has 1 aliphatic heterocycles. The molecule has 112 valence electrons. The van der Waals surface area contributed by atoms with Crippen LogP contribution in [0.2, 0.25) is 0 Å². The average molecular weight is 297 g/mol. The number of nitrogens with zero attached hydrogens (tertiary/aromatic N) is 2. The molecule has 0 bridgehead atoms. The Morgan fingerprint density at radius 1 is 1.36 bits per heavy atom. The molecule has 1 aliphatic rings. The molecule has 1 N–H and O–H groups in total. The number of rotatable bonds is 3. The monoisotopic (exact) mass is 297 g/mol. The minimum Gasteiger partial charge on any atom is -0.480 e. The van der Waals surface area contributed by atoms with E-state index in [-0.39, 0.29) is 25.0 Å². The van der Waals surface area contributed by atoms with Crippen molar-refractivity contribution in [2.75, 3.05) is 23.4 Å². The van der Waals surface area contributed by atoms with Crippen LogP contribution in [0.4, 0.5) is 11.5 Å². The zero-order valence-electron chi connectivity index (χ0n) is 12.1. The molecular weight excluding hydrogens is 282 g/mol. The molecule has 0 saturated heterocycles. The number of benzene rings is 1. The van der Waals surface area contributed by atoms with E-state index in [1.54, 1.807) is 24.4 Å². The first-order valence-corrected chi connectivity index (χ1v) is 6.88. The Morgan fingerprint density at radius 2 is 2.23 bits per heavy atom. The number of carbonyl (C=O) groups excluding carboxylic acids is 2. The van der Waals surface area contributed by atoms with E-state index in [0.717, 1.165) is 5.56 Å². The van der Waals surface area contributed by atoms with Gasteiger partial charge in [-0.1, -0.05) is 12.1 Å². The molecule has 2 amide bonds. The van der Waals surface area contributed by atoms with Gasteiger partial charge in [0.05, 0.1) is 0 Å². The van der Waals surface area contributed by atoms with Gasteiger partial charge in [0.15, 0.2) is 18.2 Å². The lowest BCUT2D eigenvalue weighted by Crippen LogP contribution is -2.43. The van der Waals surface area contributed by atoms with Crippen molar-refractivity contribution in [3.8, 4) is 5.75 Å². The second kappa shape index (κ2) is 5.85. The van der Waals surface area contributed by atoms with Crippen LogP contribution >= 0.6 is 0 Å². The van der Waals surface area contributed by atoms with Gasteiger partial charge in [0.25, 0.3) is 5.91 Å². The summed E-state index contributed by atoms with van der Waals surface area (Å²) in [6.45, 7) is 1.76. The number of amides is 2. The van der Waals surface area contributed by atoms with E-state index in [4.69, 9.17) is 4.74 Å². The molecule has 1 aromatic heterocycles. The summed E-state index contributed by atoms with van der Waals surface area (Å²) in [6.07, 6.45) is 1.56. The summed E-state index contributed by atoms with van der Waals surface area (Å²) in [5.74, 6) is 0.312. The van der Waals surface area contributed by atoms with Gasteiger partial charge < -0.3 is 10.1 Å². The van der Waals surface area contributed by atoms with Crippen LogP contribution in [0.1, 0.15) is 5.56 Å². The number of carbonyl (C=O) groups is 2. The van der Waals surface area contributed by atoms with Gasteiger partial charge >= 0.3 is 0 Å². The quantitative estimate of drug-likeness (QED) is 0.937. The maximum Gasteiger partial charge on any atom is 0.266 e. The zero-order valence-corrected chi connectivity index (χ0v) is 12.1. The first kappa shape index (κ1) is 14.1. The van der Waals surface area contributed by atoms with Crippen molar-refractivity contribution >= 4 is 23.3 Å². The highest BCUT2D eigenvalue weighted by Gasteiger charge is 2.28. The molecule has 0 aliphatic carbocycles. The summed E-state index contributed by atoms with van der Waals surface area (Å²) in [6, 6.07) is 10.9. The normalized spacial score (nSPS) is 13.3. The van der Waals surface area contributed by atoms with Crippen LogP contribution in [0.5, 0.6) is 5.75 Å². The summed E-state index contributed by atoms with van der Waals surface area (Å²) < 4.78 is 5.30. The lowest BCUT2D eigenvalue weighted by molar-refractivity contribution is -0.123. The minimum atomic E-state index is -0.286. The topological polar surface area (TPSA) is 71.5 Å². The number of ether oxygens (including phenoxy) is 1. The third-order valence-corrected chi connectivity index (χ3v) is 3.26.